The van der Waals surface area contributed by atoms with Crippen LogP contribution < -0.4 is 9.62 Å². The molecule has 0 aliphatic carbocycles. The third-order valence-electron chi connectivity index (χ3n) is 4.49. The van der Waals surface area contributed by atoms with Crippen LogP contribution in [0.25, 0.3) is 0 Å². The first-order valence-corrected chi connectivity index (χ1v) is 10.5. The highest BCUT2D eigenvalue weighted by Crippen LogP contribution is 2.27. The van der Waals surface area contributed by atoms with E-state index in [-0.39, 0.29) is 10.6 Å². The van der Waals surface area contributed by atoms with Gasteiger partial charge in [-0.1, -0.05) is 35.9 Å². The Labute approximate surface area is 174 Å². The summed E-state index contributed by atoms with van der Waals surface area (Å²) in [5.41, 5.74) is 1.63. The molecule has 0 aliphatic heterocycles. The van der Waals surface area contributed by atoms with Gasteiger partial charge in [0.15, 0.2) is 0 Å². The second kappa shape index (κ2) is 8.62. The highest BCUT2D eigenvalue weighted by Gasteiger charge is 2.28. The lowest BCUT2D eigenvalue weighted by Crippen LogP contribution is -2.38. The Morgan fingerprint density at radius 3 is 2.27 bits per heavy atom. The molecule has 156 valence electrons. The highest BCUT2D eigenvalue weighted by molar-refractivity contribution is 7.92. The number of hydrogen-bond acceptors (Lipinski definition) is 3. The third-order valence-corrected chi connectivity index (χ3v) is 6.26. The summed E-state index contributed by atoms with van der Waals surface area (Å²) in [5, 5.41) is 2.30. The maximum Gasteiger partial charge on any atom is 0.264 e. The zero-order valence-corrected chi connectivity index (χ0v) is 17.2. The molecule has 0 saturated heterocycles. The van der Waals surface area contributed by atoms with Crippen molar-refractivity contribution in [1.29, 1.82) is 0 Å². The molecule has 3 aromatic rings. The molecule has 0 aliphatic rings. The molecule has 0 aromatic heterocycles. The number of amides is 1. The molecule has 30 heavy (non-hydrogen) atoms. The number of aryl methyl sites for hydroxylation is 2. The number of anilines is 2. The first-order valence-electron chi connectivity index (χ1n) is 9.08. The second-order valence-corrected chi connectivity index (χ2v) is 8.65. The van der Waals surface area contributed by atoms with Gasteiger partial charge in [-0.05, 0) is 49.7 Å². The monoisotopic (exact) mass is 430 g/mol. The van der Waals surface area contributed by atoms with Crippen molar-refractivity contribution in [2.75, 3.05) is 16.2 Å². The van der Waals surface area contributed by atoms with Crippen molar-refractivity contribution in [2.24, 2.45) is 0 Å². The summed E-state index contributed by atoms with van der Waals surface area (Å²) in [4.78, 5) is 12.6. The van der Waals surface area contributed by atoms with Crippen molar-refractivity contribution in [3.05, 3.63) is 89.5 Å². The Bertz CT molecular complexity index is 1180. The molecule has 0 atom stereocenters. The average Bonchev–Trinajstić information content (AvgIpc) is 2.69. The van der Waals surface area contributed by atoms with Crippen LogP contribution in [-0.2, 0) is 14.8 Å². The van der Waals surface area contributed by atoms with Gasteiger partial charge in [-0.2, -0.15) is 0 Å². The van der Waals surface area contributed by atoms with Crippen molar-refractivity contribution in [2.45, 2.75) is 18.7 Å². The number of benzene rings is 3. The highest BCUT2D eigenvalue weighted by atomic mass is 32.2. The van der Waals surface area contributed by atoms with Crippen molar-refractivity contribution in [3.8, 4) is 0 Å². The van der Waals surface area contributed by atoms with Crippen molar-refractivity contribution in [1.82, 2.24) is 0 Å². The quantitative estimate of drug-likeness (QED) is 0.630. The van der Waals surface area contributed by atoms with Gasteiger partial charge in [0.2, 0.25) is 5.91 Å². The summed E-state index contributed by atoms with van der Waals surface area (Å²) in [6, 6.07) is 15.7. The van der Waals surface area contributed by atoms with Gasteiger partial charge in [-0.3, -0.25) is 9.10 Å². The number of rotatable bonds is 6. The summed E-state index contributed by atoms with van der Waals surface area (Å²) in [6.07, 6.45) is 0. The second-order valence-electron chi connectivity index (χ2n) is 6.78. The van der Waals surface area contributed by atoms with Gasteiger partial charge in [0, 0.05) is 6.07 Å². The van der Waals surface area contributed by atoms with Gasteiger partial charge < -0.3 is 5.32 Å². The maximum atomic E-state index is 13.9. The molecule has 0 radical (unpaired) electrons. The summed E-state index contributed by atoms with van der Waals surface area (Å²) in [6.45, 7) is 2.97. The SMILES string of the molecule is Cc1ccc(S(=O)(=O)N(CC(=O)Nc2ccc(F)cc2F)c2ccccc2C)cc1. The van der Waals surface area contributed by atoms with Crippen LogP contribution in [0, 0.1) is 25.5 Å². The fraction of sp³-hybridized carbons (Fsp3) is 0.136. The van der Waals surface area contributed by atoms with Crippen LogP contribution in [0.5, 0.6) is 0 Å². The molecule has 1 amide bonds. The lowest BCUT2D eigenvalue weighted by Gasteiger charge is -2.25. The standard InChI is InChI=1S/C22H20F2N2O3S/c1-15-7-10-18(11-8-15)30(28,29)26(21-6-4-3-5-16(21)2)14-22(27)25-20-12-9-17(23)13-19(20)24/h3-13H,14H2,1-2H3,(H,25,27). The molecule has 0 heterocycles. The van der Waals surface area contributed by atoms with E-state index in [4.69, 9.17) is 0 Å². The Hall–Kier alpha value is -3.26. The Morgan fingerprint density at radius 1 is 0.967 bits per heavy atom. The Morgan fingerprint density at radius 2 is 1.63 bits per heavy atom. The number of para-hydroxylation sites is 1. The fourth-order valence-electron chi connectivity index (χ4n) is 2.89. The summed E-state index contributed by atoms with van der Waals surface area (Å²) in [7, 11) is -4.08. The fourth-order valence-corrected chi connectivity index (χ4v) is 4.38. The molecule has 5 nitrogen and oxygen atoms in total. The molecule has 3 aromatic carbocycles. The number of carbonyl (C=O) groups excluding carboxylic acids is 1. The van der Waals surface area contributed by atoms with Gasteiger partial charge >= 0.3 is 0 Å². The van der Waals surface area contributed by atoms with E-state index in [0.717, 1.165) is 22.0 Å². The zero-order chi connectivity index (χ0) is 21.9. The molecule has 0 unspecified atom stereocenters. The van der Waals surface area contributed by atoms with E-state index >= 15 is 0 Å². The van der Waals surface area contributed by atoms with Crippen molar-refractivity contribution < 1.29 is 22.0 Å². The summed E-state index contributed by atoms with van der Waals surface area (Å²) in [5.74, 6) is -2.50. The van der Waals surface area contributed by atoms with Crippen LogP contribution >= 0.6 is 0 Å². The minimum absolute atomic E-state index is 0.0251. The van der Waals surface area contributed by atoms with Crippen LogP contribution in [0.1, 0.15) is 11.1 Å². The summed E-state index contributed by atoms with van der Waals surface area (Å²) >= 11 is 0. The topological polar surface area (TPSA) is 66.5 Å². The van der Waals surface area contributed by atoms with E-state index in [1.54, 1.807) is 43.3 Å². The van der Waals surface area contributed by atoms with Gasteiger partial charge in [-0.25, -0.2) is 17.2 Å². The Kier molecular flexibility index (Phi) is 6.17. The number of halogens is 2. The number of nitrogens with zero attached hydrogens (tertiary/aromatic N) is 1. The molecule has 0 spiro atoms. The van der Waals surface area contributed by atoms with E-state index in [2.05, 4.69) is 5.32 Å². The molecule has 3 rings (SSSR count). The van der Waals surface area contributed by atoms with E-state index < -0.39 is 34.1 Å². The van der Waals surface area contributed by atoms with Crippen LogP contribution in [-0.4, -0.2) is 20.9 Å². The minimum Gasteiger partial charge on any atom is -0.322 e. The smallest absolute Gasteiger partial charge is 0.264 e. The van der Waals surface area contributed by atoms with Crippen LogP contribution in [0.2, 0.25) is 0 Å². The van der Waals surface area contributed by atoms with Crippen LogP contribution in [0.4, 0.5) is 20.2 Å². The predicted octanol–water partition coefficient (Wildman–Crippen LogP) is 4.42. The lowest BCUT2D eigenvalue weighted by molar-refractivity contribution is -0.114. The minimum atomic E-state index is -4.08. The lowest BCUT2D eigenvalue weighted by atomic mass is 10.2. The van der Waals surface area contributed by atoms with Gasteiger partial charge in [0.05, 0.1) is 16.3 Å². The van der Waals surface area contributed by atoms with Gasteiger partial charge in [0.25, 0.3) is 10.0 Å². The number of nitrogens with one attached hydrogen (secondary N) is 1. The molecule has 0 bridgehead atoms. The first kappa shape index (κ1) is 21.4. The van der Waals surface area contributed by atoms with E-state index in [1.807, 2.05) is 6.92 Å². The third kappa shape index (κ3) is 4.65. The van der Waals surface area contributed by atoms with Crippen molar-refractivity contribution in [3.63, 3.8) is 0 Å². The van der Waals surface area contributed by atoms with Crippen LogP contribution in [0.3, 0.4) is 0 Å². The Balaban J connectivity index is 1.97. The first-order chi connectivity index (χ1) is 14.2. The summed E-state index contributed by atoms with van der Waals surface area (Å²) < 4.78 is 54.6. The van der Waals surface area contributed by atoms with E-state index in [1.165, 1.54) is 12.1 Å². The number of sulfonamides is 1. The largest absolute Gasteiger partial charge is 0.322 e. The van der Waals surface area contributed by atoms with Crippen molar-refractivity contribution >= 4 is 27.3 Å². The maximum absolute atomic E-state index is 13.9. The molecule has 0 saturated carbocycles. The molecule has 8 heteroatoms. The zero-order valence-electron chi connectivity index (χ0n) is 16.4. The predicted molar refractivity (Wildman–Crippen MR) is 112 cm³/mol. The van der Waals surface area contributed by atoms with E-state index in [0.29, 0.717) is 17.3 Å². The molecular formula is C22H20F2N2O3S. The molecular weight excluding hydrogens is 410 g/mol. The molecule has 0 fully saturated rings. The van der Waals surface area contributed by atoms with Gasteiger partial charge in [-0.15, -0.1) is 0 Å². The molecule has 1 N–H and O–H groups in total. The van der Waals surface area contributed by atoms with E-state index in [9.17, 15) is 22.0 Å². The number of carbonyl (C=O) groups is 1. The van der Waals surface area contributed by atoms with Gasteiger partial charge in [0.1, 0.15) is 18.2 Å². The number of hydrogen-bond donors (Lipinski definition) is 1. The van der Waals surface area contributed by atoms with Crippen LogP contribution in [0.15, 0.2) is 71.6 Å². The normalized spacial score (nSPS) is 11.2. The average molecular weight is 430 g/mol.